The molecule has 0 radical (unpaired) electrons. The monoisotopic (exact) mass is 300 g/mol. The number of pyridine rings is 1. The highest BCUT2D eigenvalue weighted by Gasteiger charge is 2.02. The predicted octanol–water partition coefficient (Wildman–Crippen LogP) is 3.06. The van der Waals surface area contributed by atoms with Gasteiger partial charge in [0.2, 0.25) is 5.91 Å². The third-order valence-corrected chi connectivity index (χ3v) is 3.07. The number of nitrogens with zero attached hydrogens (tertiary/aromatic N) is 1. The lowest BCUT2D eigenvalue weighted by atomic mass is 10.1. The predicted molar refractivity (Wildman–Crippen MR) is 85.4 cm³/mol. The van der Waals surface area contributed by atoms with Gasteiger partial charge in [-0.05, 0) is 36.6 Å². The number of ether oxygens (including phenoxy) is 2. The lowest BCUT2D eigenvalue weighted by Gasteiger charge is -2.10. The molecule has 1 N–H and O–H groups in total. The van der Waals surface area contributed by atoms with Crippen LogP contribution in [-0.2, 0) is 11.2 Å². The highest BCUT2D eigenvalue weighted by molar-refractivity contribution is 5.87. The minimum absolute atomic E-state index is 0.120. The molecule has 0 spiro atoms. The molecule has 1 aromatic carbocycles. The molecular formula is C17H20N2O3. The van der Waals surface area contributed by atoms with E-state index in [0.717, 1.165) is 29.9 Å². The summed E-state index contributed by atoms with van der Waals surface area (Å²) in [5, 5.41) is 2.64. The summed E-state index contributed by atoms with van der Waals surface area (Å²) < 4.78 is 11.0. The van der Waals surface area contributed by atoms with Gasteiger partial charge in [0.05, 0.1) is 13.7 Å². The summed E-state index contributed by atoms with van der Waals surface area (Å²) in [5.41, 5.74) is 1.11. The Hall–Kier alpha value is -2.56. The van der Waals surface area contributed by atoms with Crippen LogP contribution in [-0.4, -0.2) is 24.6 Å². The summed E-state index contributed by atoms with van der Waals surface area (Å²) in [6, 6.07) is 11.4. The molecule has 2 aromatic rings. The van der Waals surface area contributed by atoms with Crippen LogP contribution >= 0.6 is 0 Å². The molecule has 2 rings (SSSR count). The van der Waals surface area contributed by atoms with E-state index in [1.807, 2.05) is 30.3 Å². The van der Waals surface area contributed by atoms with Crippen molar-refractivity contribution in [1.82, 2.24) is 4.98 Å². The number of benzene rings is 1. The van der Waals surface area contributed by atoms with Gasteiger partial charge in [0, 0.05) is 13.1 Å². The molecule has 0 aliphatic rings. The first kappa shape index (κ1) is 15.8. The van der Waals surface area contributed by atoms with Crippen molar-refractivity contribution in [2.75, 3.05) is 19.0 Å². The van der Waals surface area contributed by atoms with E-state index in [1.54, 1.807) is 19.4 Å². The van der Waals surface area contributed by atoms with Crippen LogP contribution in [0.1, 0.15) is 18.9 Å². The molecule has 1 heterocycles. The molecule has 1 amide bonds. The average Bonchev–Trinajstić information content (AvgIpc) is 2.53. The molecule has 5 nitrogen and oxygen atoms in total. The first-order valence-electron chi connectivity index (χ1n) is 7.17. The highest BCUT2D eigenvalue weighted by Crippen LogP contribution is 2.25. The number of aryl methyl sites for hydroxylation is 1. The van der Waals surface area contributed by atoms with Gasteiger partial charge in [0.1, 0.15) is 5.82 Å². The van der Waals surface area contributed by atoms with Crippen molar-refractivity contribution in [3.8, 4) is 11.5 Å². The van der Waals surface area contributed by atoms with Gasteiger partial charge in [0.15, 0.2) is 11.5 Å². The van der Waals surface area contributed by atoms with Crippen LogP contribution in [0.4, 0.5) is 5.82 Å². The average molecular weight is 300 g/mol. The van der Waals surface area contributed by atoms with E-state index in [0.29, 0.717) is 12.4 Å². The van der Waals surface area contributed by atoms with Crippen LogP contribution < -0.4 is 14.8 Å². The molecule has 0 atom stereocenters. The normalized spacial score (nSPS) is 10.1. The molecule has 1 aromatic heterocycles. The smallest absolute Gasteiger partial charge is 0.222 e. The maximum atomic E-state index is 10.9. The number of carbonyl (C=O) groups is 1. The number of carbonyl (C=O) groups excluding carboxylic acids is 1. The Morgan fingerprint density at radius 2 is 1.95 bits per heavy atom. The fourth-order valence-corrected chi connectivity index (χ4v) is 2.02. The minimum atomic E-state index is -0.120. The van der Waals surface area contributed by atoms with Gasteiger partial charge in [-0.25, -0.2) is 4.98 Å². The van der Waals surface area contributed by atoms with E-state index in [9.17, 15) is 4.79 Å². The second-order valence-electron chi connectivity index (χ2n) is 4.84. The molecular weight excluding hydrogens is 280 g/mol. The molecule has 0 bridgehead atoms. The van der Waals surface area contributed by atoms with Crippen molar-refractivity contribution in [2.24, 2.45) is 0 Å². The Morgan fingerprint density at radius 3 is 2.59 bits per heavy atom. The second kappa shape index (κ2) is 8.02. The van der Waals surface area contributed by atoms with E-state index in [1.165, 1.54) is 6.92 Å². The minimum Gasteiger partial charge on any atom is -0.493 e. The lowest BCUT2D eigenvalue weighted by molar-refractivity contribution is -0.114. The van der Waals surface area contributed by atoms with Crippen LogP contribution in [0.2, 0.25) is 0 Å². The molecule has 0 aliphatic carbocycles. The Morgan fingerprint density at radius 1 is 1.18 bits per heavy atom. The number of rotatable bonds is 7. The first-order chi connectivity index (χ1) is 10.7. The standard InChI is InChI=1S/C17H20N2O3/c1-13(20)19-17-10-9-14(12-18-17)6-5-11-22-16-8-4-3-7-15(16)21-2/h3-4,7-10,12H,5-6,11H2,1-2H3,(H,18,19,20). The van der Waals surface area contributed by atoms with Crippen LogP contribution in [0.5, 0.6) is 11.5 Å². The first-order valence-corrected chi connectivity index (χ1v) is 7.17. The topological polar surface area (TPSA) is 60.5 Å². The fourth-order valence-electron chi connectivity index (χ4n) is 2.02. The number of hydrogen-bond acceptors (Lipinski definition) is 4. The largest absolute Gasteiger partial charge is 0.493 e. The maximum Gasteiger partial charge on any atom is 0.222 e. The summed E-state index contributed by atoms with van der Waals surface area (Å²) in [6.45, 7) is 2.07. The van der Waals surface area contributed by atoms with Crippen molar-refractivity contribution >= 4 is 11.7 Å². The summed E-state index contributed by atoms with van der Waals surface area (Å²) in [5.74, 6) is 1.94. The zero-order valence-corrected chi connectivity index (χ0v) is 12.8. The van der Waals surface area contributed by atoms with E-state index >= 15 is 0 Å². The molecule has 0 saturated heterocycles. The van der Waals surface area contributed by atoms with Crippen molar-refractivity contribution in [1.29, 1.82) is 0 Å². The SMILES string of the molecule is COc1ccccc1OCCCc1ccc(NC(C)=O)nc1. The Labute approximate surface area is 130 Å². The van der Waals surface area contributed by atoms with Crippen LogP contribution in [0, 0.1) is 0 Å². The molecule has 5 heteroatoms. The fraction of sp³-hybridized carbons (Fsp3) is 0.294. The van der Waals surface area contributed by atoms with Gasteiger partial charge >= 0.3 is 0 Å². The Kier molecular flexibility index (Phi) is 5.77. The van der Waals surface area contributed by atoms with E-state index < -0.39 is 0 Å². The second-order valence-corrected chi connectivity index (χ2v) is 4.84. The Balaban J connectivity index is 1.78. The molecule has 22 heavy (non-hydrogen) atoms. The van der Waals surface area contributed by atoms with Crippen LogP contribution in [0.15, 0.2) is 42.6 Å². The summed E-state index contributed by atoms with van der Waals surface area (Å²) in [4.78, 5) is 15.1. The lowest BCUT2D eigenvalue weighted by Crippen LogP contribution is -2.07. The van der Waals surface area contributed by atoms with Gasteiger partial charge in [0.25, 0.3) is 0 Å². The van der Waals surface area contributed by atoms with E-state index in [4.69, 9.17) is 9.47 Å². The van der Waals surface area contributed by atoms with Crippen molar-refractivity contribution in [3.63, 3.8) is 0 Å². The van der Waals surface area contributed by atoms with Gasteiger partial charge in [-0.2, -0.15) is 0 Å². The number of para-hydroxylation sites is 2. The molecule has 0 aliphatic heterocycles. The zero-order chi connectivity index (χ0) is 15.8. The van der Waals surface area contributed by atoms with Crippen LogP contribution in [0.3, 0.4) is 0 Å². The van der Waals surface area contributed by atoms with Gasteiger partial charge < -0.3 is 14.8 Å². The maximum absolute atomic E-state index is 10.9. The molecule has 0 unspecified atom stereocenters. The summed E-state index contributed by atoms with van der Waals surface area (Å²) >= 11 is 0. The molecule has 0 saturated carbocycles. The Bertz CT molecular complexity index is 612. The van der Waals surface area contributed by atoms with Gasteiger partial charge in [-0.15, -0.1) is 0 Å². The van der Waals surface area contributed by atoms with E-state index in [2.05, 4.69) is 10.3 Å². The number of amides is 1. The number of methoxy groups -OCH3 is 1. The van der Waals surface area contributed by atoms with E-state index in [-0.39, 0.29) is 5.91 Å². The number of anilines is 1. The van der Waals surface area contributed by atoms with Crippen LogP contribution in [0.25, 0.3) is 0 Å². The van der Waals surface area contributed by atoms with Crippen molar-refractivity contribution in [2.45, 2.75) is 19.8 Å². The highest BCUT2D eigenvalue weighted by atomic mass is 16.5. The summed E-state index contributed by atoms with van der Waals surface area (Å²) in [6.07, 6.45) is 3.51. The van der Waals surface area contributed by atoms with Crippen molar-refractivity contribution in [3.05, 3.63) is 48.2 Å². The number of aromatic nitrogens is 1. The van der Waals surface area contributed by atoms with Gasteiger partial charge in [-0.3, -0.25) is 4.79 Å². The van der Waals surface area contributed by atoms with Gasteiger partial charge in [-0.1, -0.05) is 18.2 Å². The quantitative estimate of drug-likeness (QED) is 0.798. The molecule has 0 fully saturated rings. The van der Waals surface area contributed by atoms with Crippen molar-refractivity contribution < 1.29 is 14.3 Å². The summed E-state index contributed by atoms with van der Waals surface area (Å²) in [7, 11) is 1.63. The number of hydrogen-bond donors (Lipinski definition) is 1. The number of nitrogens with one attached hydrogen (secondary N) is 1. The molecule has 116 valence electrons. The third kappa shape index (κ3) is 4.77. The zero-order valence-electron chi connectivity index (χ0n) is 12.8. The third-order valence-electron chi connectivity index (χ3n) is 3.07.